The summed E-state index contributed by atoms with van der Waals surface area (Å²) in [6.07, 6.45) is -12.3. The van der Waals surface area contributed by atoms with E-state index < -0.39 is 48.1 Å². The second-order valence-electron chi connectivity index (χ2n) is 9.43. The lowest BCUT2D eigenvalue weighted by Gasteiger charge is -2.39. The van der Waals surface area contributed by atoms with Gasteiger partial charge in [-0.3, -0.25) is 9.69 Å². The smallest absolute Gasteiger partial charge is 0.416 e. The molecule has 0 aromatic heterocycles. The zero-order valence-electron chi connectivity index (χ0n) is 21.1. The maximum absolute atomic E-state index is 12.7. The molecule has 39 heavy (non-hydrogen) atoms. The van der Waals surface area contributed by atoms with Gasteiger partial charge in [0, 0.05) is 18.9 Å². The van der Waals surface area contributed by atoms with Gasteiger partial charge in [0.2, 0.25) is 0 Å². The fourth-order valence-electron chi connectivity index (χ4n) is 4.44. The van der Waals surface area contributed by atoms with Crippen LogP contribution in [0.25, 0.3) is 0 Å². The molecule has 3 nitrogen and oxygen atoms in total. The largest absolute Gasteiger partial charge is 0.481 e. The van der Waals surface area contributed by atoms with Gasteiger partial charge in [0.25, 0.3) is 0 Å². The van der Waals surface area contributed by atoms with Crippen molar-refractivity contribution in [3.05, 3.63) is 70.8 Å². The molecule has 1 aliphatic rings. The van der Waals surface area contributed by atoms with Crippen LogP contribution in [-0.4, -0.2) is 35.2 Å². The zero-order chi connectivity index (χ0) is 29.4. The van der Waals surface area contributed by atoms with Crippen molar-refractivity contribution >= 4 is 5.97 Å². The number of carbonyl (C=O) groups is 1. The molecule has 0 amide bonds. The molecule has 1 heterocycles. The Morgan fingerprint density at radius 2 is 1.38 bits per heavy atom. The van der Waals surface area contributed by atoms with E-state index in [-0.39, 0.29) is 25.3 Å². The second kappa shape index (κ2) is 13.5. The van der Waals surface area contributed by atoms with Crippen LogP contribution in [0.2, 0.25) is 0 Å². The van der Waals surface area contributed by atoms with Crippen LogP contribution >= 0.6 is 0 Å². The lowest BCUT2D eigenvalue weighted by Crippen LogP contribution is -2.38. The Balaban J connectivity index is 0.000000370. The van der Waals surface area contributed by atoms with Gasteiger partial charge in [-0.05, 0) is 80.1 Å². The topological polar surface area (TPSA) is 40.5 Å². The van der Waals surface area contributed by atoms with Gasteiger partial charge < -0.3 is 5.11 Å². The predicted octanol–water partition coefficient (Wildman–Crippen LogP) is 8.54. The fraction of sp³-hybridized carbons (Fsp3) is 0.519. The number of halogens is 9. The van der Waals surface area contributed by atoms with E-state index in [2.05, 4.69) is 0 Å². The molecule has 1 fully saturated rings. The SMILES string of the molecule is CCc1ccc(C(F)(F)F)cc1.O=C(O)CC1CCN(CCCC(F)(F)F)[C@H](c2ccc(C(F)(F)F)cc2)C1. The van der Waals surface area contributed by atoms with Crippen molar-refractivity contribution in [2.75, 3.05) is 13.1 Å². The summed E-state index contributed by atoms with van der Waals surface area (Å²) in [5.41, 5.74) is 0.0977. The molecule has 2 atom stereocenters. The first-order valence-corrected chi connectivity index (χ1v) is 12.4. The third-order valence-electron chi connectivity index (χ3n) is 6.50. The third-order valence-corrected chi connectivity index (χ3v) is 6.50. The number of benzene rings is 2. The highest BCUT2D eigenvalue weighted by atomic mass is 19.4. The minimum atomic E-state index is -4.47. The molecular formula is C27H30F9NO2. The fourth-order valence-corrected chi connectivity index (χ4v) is 4.44. The van der Waals surface area contributed by atoms with Gasteiger partial charge >= 0.3 is 24.5 Å². The van der Waals surface area contributed by atoms with Gasteiger partial charge in [-0.25, -0.2) is 0 Å². The number of rotatable bonds is 7. The predicted molar refractivity (Wildman–Crippen MR) is 127 cm³/mol. The van der Waals surface area contributed by atoms with Crippen LogP contribution in [0, 0.1) is 5.92 Å². The highest BCUT2D eigenvalue weighted by Crippen LogP contribution is 2.38. The summed E-state index contributed by atoms with van der Waals surface area (Å²) in [6.45, 7) is 2.48. The molecule has 1 unspecified atom stereocenters. The van der Waals surface area contributed by atoms with E-state index in [9.17, 15) is 44.3 Å². The number of aliphatic carboxylic acids is 1. The number of hydrogen-bond acceptors (Lipinski definition) is 2. The lowest BCUT2D eigenvalue weighted by molar-refractivity contribution is -0.140. The minimum Gasteiger partial charge on any atom is -0.481 e. The number of carboxylic acids is 1. The Bertz CT molecular complexity index is 1030. The monoisotopic (exact) mass is 571 g/mol. The Morgan fingerprint density at radius 1 is 0.872 bits per heavy atom. The van der Waals surface area contributed by atoms with E-state index in [0.29, 0.717) is 24.9 Å². The normalized spacial score (nSPS) is 18.8. The number of aryl methyl sites for hydroxylation is 1. The first-order chi connectivity index (χ1) is 18.0. The van der Waals surface area contributed by atoms with Gasteiger partial charge in [0.1, 0.15) is 0 Å². The molecule has 1 saturated heterocycles. The van der Waals surface area contributed by atoms with Crippen molar-refractivity contribution < 1.29 is 49.4 Å². The Morgan fingerprint density at radius 3 is 1.82 bits per heavy atom. The van der Waals surface area contributed by atoms with Gasteiger partial charge in [0.05, 0.1) is 11.1 Å². The average molecular weight is 572 g/mol. The quantitative estimate of drug-likeness (QED) is 0.339. The van der Waals surface area contributed by atoms with Crippen molar-refractivity contribution in [3.63, 3.8) is 0 Å². The average Bonchev–Trinajstić information content (AvgIpc) is 2.83. The van der Waals surface area contributed by atoms with Crippen molar-refractivity contribution in [3.8, 4) is 0 Å². The molecule has 3 rings (SSSR count). The van der Waals surface area contributed by atoms with E-state index in [0.717, 1.165) is 36.2 Å². The van der Waals surface area contributed by atoms with Crippen molar-refractivity contribution in [1.82, 2.24) is 4.90 Å². The maximum atomic E-state index is 12.7. The third kappa shape index (κ3) is 11.1. The number of hydrogen-bond donors (Lipinski definition) is 1. The summed E-state index contributed by atoms with van der Waals surface area (Å²) < 4.78 is 111. The van der Waals surface area contributed by atoms with Crippen molar-refractivity contribution in [2.24, 2.45) is 5.92 Å². The van der Waals surface area contributed by atoms with Gasteiger partial charge in [-0.2, -0.15) is 39.5 Å². The van der Waals surface area contributed by atoms with Gasteiger partial charge in [0.15, 0.2) is 0 Å². The highest BCUT2D eigenvalue weighted by Gasteiger charge is 2.34. The van der Waals surface area contributed by atoms with Crippen LogP contribution < -0.4 is 0 Å². The van der Waals surface area contributed by atoms with E-state index in [4.69, 9.17) is 5.11 Å². The first-order valence-electron chi connectivity index (χ1n) is 12.4. The number of alkyl halides is 9. The minimum absolute atomic E-state index is 0.0620. The van der Waals surface area contributed by atoms with Gasteiger partial charge in [-0.1, -0.05) is 31.2 Å². The standard InChI is InChI=1S/C18H21F6NO2.C9H9F3/c19-17(20,21)7-1-8-25-9-6-12(11-16(26)27)10-15(25)13-2-4-14(5-3-13)18(22,23)24;1-2-7-3-5-8(6-4-7)9(10,11)12/h2-5,12,15H,1,6-11H2,(H,26,27);3-6H,2H2,1H3/t12?,15-;/m0./s1. The molecule has 1 aliphatic heterocycles. The Labute approximate surface area is 220 Å². The van der Waals surface area contributed by atoms with Crippen LogP contribution in [0.15, 0.2) is 48.5 Å². The molecule has 218 valence electrons. The number of nitrogens with zero attached hydrogens (tertiary/aromatic N) is 1. The summed E-state index contributed by atoms with van der Waals surface area (Å²) in [5, 5.41) is 8.98. The molecular weight excluding hydrogens is 541 g/mol. The number of likely N-dealkylation sites (tertiary alicyclic amines) is 1. The maximum Gasteiger partial charge on any atom is 0.416 e. The summed E-state index contributed by atoms with van der Waals surface area (Å²) in [5.74, 6) is -1.12. The molecule has 0 saturated carbocycles. The Hall–Kier alpha value is -2.76. The molecule has 2 aromatic carbocycles. The molecule has 0 aliphatic carbocycles. The molecule has 2 aromatic rings. The summed E-state index contributed by atoms with van der Waals surface area (Å²) in [6, 6.07) is 9.39. The highest BCUT2D eigenvalue weighted by molar-refractivity contribution is 5.67. The molecule has 12 heteroatoms. The molecule has 0 bridgehead atoms. The molecule has 0 radical (unpaired) electrons. The van der Waals surface area contributed by atoms with Crippen LogP contribution in [-0.2, 0) is 23.6 Å². The zero-order valence-corrected chi connectivity index (χ0v) is 21.1. The van der Waals surface area contributed by atoms with Crippen molar-refractivity contribution in [2.45, 2.75) is 70.0 Å². The summed E-state index contributed by atoms with van der Waals surface area (Å²) in [7, 11) is 0. The number of carboxylic acid groups (broad SMARTS) is 1. The van der Waals surface area contributed by atoms with Crippen LogP contribution in [0.1, 0.15) is 67.3 Å². The van der Waals surface area contributed by atoms with Crippen LogP contribution in [0.5, 0.6) is 0 Å². The van der Waals surface area contributed by atoms with Crippen LogP contribution in [0.4, 0.5) is 39.5 Å². The van der Waals surface area contributed by atoms with E-state index in [1.807, 2.05) is 11.8 Å². The van der Waals surface area contributed by atoms with Crippen molar-refractivity contribution in [1.29, 1.82) is 0 Å². The molecule has 1 N–H and O–H groups in total. The first kappa shape index (κ1) is 32.5. The van der Waals surface area contributed by atoms with E-state index >= 15 is 0 Å². The lowest BCUT2D eigenvalue weighted by atomic mass is 9.85. The van der Waals surface area contributed by atoms with E-state index in [1.165, 1.54) is 24.3 Å². The summed E-state index contributed by atoms with van der Waals surface area (Å²) in [4.78, 5) is 12.8. The molecule has 0 spiro atoms. The number of piperidine rings is 1. The summed E-state index contributed by atoms with van der Waals surface area (Å²) >= 11 is 0. The van der Waals surface area contributed by atoms with Gasteiger partial charge in [-0.15, -0.1) is 0 Å². The van der Waals surface area contributed by atoms with Crippen LogP contribution in [0.3, 0.4) is 0 Å². The Kier molecular flexibility index (Phi) is 11.3. The second-order valence-corrected chi connectivity index (χ2v) is 9.43. The van der Waals surface area contributed by atoms with E-state index in [1.54, 1.807) is 0 Å².